The van der Waals surface area contributed by atoms with E-state index in [2.05, 4.69) is 59.1 Å². The maximum atomic E-state index is 6.56. The number of anilines is 3. The number of nitrogens with zero attached hydrogens (tertiary/aromatic N) is 7. The summed E-state index contributed by atoms with van der Waals surface area (Å²) in [4.78, 5) is 25.4. The van der Waals surface area contributed by atoms with Crippen molar-refractivity contribution < 1.29 is 9.47 Å². The number of rotatable bonds is 6. The van der Waals surface area contributed by atoms with Crippen LogP contribution in [0.1, 0.15) is 25.7 Å². The molecule has 0 atom stereocenters. The van der Waals surface area contributed by atoms with Crippen LogP contribution in [-0.4, -0.2) is 96.5 Å². The van der Waals surface area contributed by atoms with Crippen molar-refractivity contribution in [2.75, 3.05) is 74.6 Å². The highest BCUT2D eigenvalue weighted by molar-refractivity contribution is 5.85. The molecule has 0 bridgehead atoms. The molecule has 10 heteroatoms. The van der Waals surface area contributed by atoms with Crippen LogP contribution in [0.25, 0.3) is 11.0 Å². The first-order valence-electron chi connectivity index (χ1n) is 13.5. The van der Waals surface area contributed by atoms with E-state index < -0.39 is 0 Å². The Hall–Kier alpha value is -3.24. The van der Waals surface area contributed by atoms with E-state index in [1.165, 1.54) is 0 Å². The molecule has 0 radical (unpaired) electrons. The van der Waals surface area contributed by atoms with Gasteiger partial charge >= 0.3 is 0 Å². The van der Waals surface area contributed by atoms with Gasteiger partial charge in [-0.2, -0.15) is 0 Å². The summed E-state index contributed by atoms with van der Waals surface area (Å²) in [5, 5.41) is 3.54. The van der Waals surface area contributed by atoms with Crippen molar-refractivity contribution in [1.29, 1.82) is 0 Å². The van der Waals surface area contributed by atoms with E-state index in [1.807, 2.05) is 12.4 Å². The van der Waals surface area contributed by atoms with Crippen molar-refractivity contribution in [3.63, 3.8) is 0 Å². The average molecular weight is 505 g/mol. The van der Waals surface area contributed by atoms with Gasteiger partial charge in [0.25, 0.3) is 0 Å². The number of piperazine rings is 1. The minimum absolute atomic E-state index is 0.156. The molecule has 2 aromatic heterocycles. The van der Waals surface area contributed by atoms with Crippen LogP contribution in [0.5, 0.6) is 5.75 Å². The van der Waals surface area contributed by atoms with E-state index in [0.29, 0.717) is 12.0 Å². The quantitative estimate of drug-likeness (QED) is 0.540. The molecule has 3 aromatic rings. The minimum atomic E-state index is 0.156. The Morgan fingerprint density at radius 3 is 2.27 bits per heavy atom. The first-order valence-corrected chi connectivity index (χ1v) is 13.5. The number of nitrogens with one attached hydrogen (secondary N) is 1. The summed E-state index contributed by atoms with van der Waals surface area (Å²) in [7, 11) is 2.17. The number of hydrogen-bond donors (Lipinski definition) is 1. The molecule has 37 heavy (non-hydrogen) atoms. The monoisotopic (exact) mass is 504 g/mol. The third-order valence-electron chi connectivity index (χ3n) is 7.71. The maximum absolute atomic E-state index is 6.56. The van der Waals surface area contributed by atoms with Gasteiger partial charge in [-0.3, -0.25) is 4.98 Å². The van der Waals surface area contributed by atoms with Crippen LogP contribution in [0.3, 0.4) is 0 Å². The lowest BCUT2D eigenvalue weighted by atomic mass is 9.93. The van der Waals surface area contributed by atoms with E-state index >= 15 is 0 Å². The molecule has 1 N–H and O–H groups in total. The van der Waals surface area contributed by atoms with E-state index in [1.54, 1.807) is 12.4 Å². The fourth-order valence-electron chi connectivity index (χ4n) is 5.43. The first kappa shape index (κ1) is 24.1. The lowest BCUT2D eigenvalue weighted by Crippen LogP contribution is -2.44. The van der Waals surface area contributed by atoms with Gasteiger partial charge < -0.3 is 29.5 Å². The molecule has 3 aliphatic rings. The largest absolute Gasteiger partial charge is 0.488 e. The third kappa shape index (κ3) is 5.70. The van der Waals surface area contributed by atoms with Crippen LogP contribution in [-0.2, 0) is 4.74 Å². The molecule has 196 valence electrons. The highest BCUT2D eigenvalue weighted by Gasteiger charge is 2.25. The van der Waals surface area contributed by atoms with Crippen LogP contribution in [0, 0.1) is 0 Å². The van der Waals surface area contributed by atoms with Gasteiger partial charge in [0.1, 0.15) is 11.3 Å². The summed E-state index contributed by atoms with van der Waals surface area (Å²) in [6, 6.07) is 4.59. The SMILES string of the molecule is CN1CCN(c2cnc(N[C@H]3CC[C@@H](Oc4cc(N5CCOCC5)cc5nccnc45)CC3)nc2)CC1. The van der Waals surface area contributed by atoms with E-state index in [9.17, 15) is 0 Å². The van der Waals surface area contributed by atoms with Gasteiger partial charge in [0.05, 0.1) is 42.9 Å². The average Bonchev–Trinajstić information content (AvgIpc) is 2.95. The molecule has 0 spiro atoms. The van der Waals surface area contributed by atoms with E-state index in [4.69, 9.17) is 9.47 Å². The Morgan fingerprint density at radius 2 is 1.51 bits per heavy atom. The Labute approximate surface area is 218 Å². The van der Waals surface area contributed by atoms with Gasteiger partial charge in [-0.15, -0.1) is 0 Å². The van der Waals surface area contributed by atoms with Crippen molar-refractivity contribution in [3.8, 4) is 5.75 Å². The normalized spacial score (nSPS) is 23.3. The van der Waals surface area contributed by atoms with Gasteiger partial charge in [0, 0.05) is 69.5 Å². The summed E-state index contributed by atoms with van der Waals surface area (Å²) < 4.78 is 12.1. The maximum Gasteiger partial charge on any atom is 0.222 e. The highest BCUT2D eigenvalue weighted by Crippen LogP contribution is 2.33. The Kier molecular flexibility index (Phi) is 7.18. The second-order valence-electron chi connectivity index (χ2n) is 10.3. The molecule has 1 aromatic carbocycles. The van der Waals surface area contributed by atoms with Crippen molar-refractivity contribution in [2.45, 2.75) is 37.8 Å². The highest BCUT2D eigenvalue weighted by atomic mass is 16.5. The number of likely N-dealkylation sites (N-methyl/N-ethyl adjacent to an activating group) is 1. The van der Waals surface area contributed by atoms with Gasteiger partial charge in [0.2, 0.25) is 5.95 Å². The topological polar surface area (TPSA) is 91.8 Å². The molecule has 2 aliphatic heterocycles. The van der Waals surface area contributed by atoms with Crippen LogP contribution in [0.15, 0.2) is 36.9 Å². The van der Waals surface area contributed by atoms with E-state index in [0.717, 1.165) is 106 Å². The zero-order valence-corrected chi connectivity index (χ0v) is 21.6. The molecule has 0 amide bonds. The Bertz CT molecular complexity index is 1170. The summed E-state index contributed by atoms with van der Waals surface area (Å²) in [5.74, 6) is 1.54. The number of fused-ring (bicyclic) bond motifs is 1. The standard InChI is InChI=1S/C27H36N8O2/c1-33-8-10-34(11-9-33)22-18-30-27(31-19-22)32-20-2-4-23(5-3-20)37-25-17-21(35-12-14-36-15-13-35)16-24-26(25)29-7-6-28-24/h6-7,16-20,23H,2-5,8-15H2,1H3,(H,30,31,32)/t20-,23+. The summed E-state index contributed by atoms with van der Waals surface area (Å²) in [6.07, 6.45) is 11.5. The number of aromatic nitrogens is 4. The van der Waals surface area contributed by atoms with Gasteiger partial charge in [-0.05, 0) is 38.8 Å². The van der Waals surface area contributed by atoms with Gasteiger partial charge in [-0.1, -0.05) is 0 Å². The molecule has 4 heterocycles. The predicted molar refractivity (Wildman–Crippen MR) is 145 cm³/mol. The van der Waals surface area contributed by atoms with Crippen LogP contribution in [0.2, 0.25) is 0 Å². The lowest BCUT2D eigenvalue weighted by Gasteiger charge is -2.33. The predicted octanol–water partition coefficient (Wildman–Crippen LogP) is 2.81. The molecule has 1 saturated carbocycles. The van der Waals surface area contributed by atoms with Crippen molar-refractivity contribution in [2.24, 2.45) is 0 Å². The molecule has 10 nitrogen and oxygen atoms in total. The summed E-state index contributed by atoms with van der Waals surface area (Å²) in [6.45, 7) is 7.43. The van der Waals surface area contributed by atoms with Crippen LogP contribution < -0.4 is 19.9 Å². The van der Waals surface area contributed by atoms with Gasteiger partial charge in [0.15, 0.2) is 0 Å². The molecule has 2 saturated heterocycles. The van der Waals surface area contributed by atoms with Crippen LogP contribution in [0.4, 0.5) is 17.3 Å². The number of morpholine rings is 1. The zero-order valence-electron chi connectivity index (χ0n) is 21.6. The number of ether oxygens (including phenoxy) is 2. The summed E-state index contributed by atoms with van der Waals surface area (Å²) in [5.41, 5.74) is 3.92. The molecular formula is C27H36N8O2. The Balaban J connectivity index is 1.06. The molecule has 1 aliphatic carbocycles. The van der Waals surface area contributed by atoms with Crippen molar-refractivity contribution in [1.82, 2.24) is 24.8 Å². The second-order valence-corrected chi connectivity index (χ2v) is 10.3. The molecular weight excluding hydrogens is 468 g/mol. The zero-order chi connectivity index (χ0) is 25.0. The fraction of sp³-hybridized carbons (Fsp3) is 0.556. The fourth-order valence-corrected chi connectivity index (χ4v) is 5.43. The van der Waals surface area contributed by atoms with Crippen LogP contribution >= 0.6 is 0 Å². The summed E-state index contributed by atoms with van der Waals surface area (Å²) >= 11 is 0. The molecule has 6 rings (SSSR count). The Morgan fingerprint density at radius 1 is 0.811 bits per heavy atom. The number of benzene rings is 1. The minimum Gasteiger partial charge on any atom is -0.488 e. The third-order valence-corrected chi connectivity index (χ3v) is 7.71. The van der Waals surface area contributed by atoms with Crippen molar-refractivity contribution in [3.05, 3.63) is 36.9 Å². The lowest BCUT2D eigenvalue weighted by molar-refractivity contribution is 0.122. The van der Waals surface area contributed by atoms with Gasteiger partial charge in [-0.25, -0.2) is 15.0 Å². The van der Waals surface area contributed by atoms with E-state index in [-0.39, 0.29) is 6.10 Å². The van der Waals surface area contributed by atoms with Crippen molar-refractivity contribution >= 4 is 28.4 Å². The smallest absolute Gasteiger partial charge is 0.222 e. The second kappa shape index (κ2) is 11.0. The number of hydrogen-bond acceptors (Lipinski definition) is 10. The molecule has 0 unspecified atom stereocenters. The first-order chi connectivity index (χ1) is 18.2. The molecule has 3 fully saturated rings.